The zero-order valence-electron chi connectivity index (χ0n) is 16.0. The van der Waals surface area contributed by atoms with Crippen molar-refractivity contribution in [1.82, 2.24) is 19.7 Å². The van der Waals surface area contributed by atoms with Crippen molar-refractivity contribution < 1.29 is 8.78 Å². The fraction of sp³-hybridized carbons (Fsp3) is 0.238. The molecule has 0 bridgehead atoms. The van der Waals surface area contributed by atoms with Gasteiger partial charge in [-0.3, -0.25) is 4.57 Å². The fourth-order valence-electron chi connectivity index (χ4n) is 4.25. The molecule has 0 spiro atoms. The third kappa shape index (κ3) is 2.10. The Labute approximate surface area is 160 Å². The summed E-state index contributed by atoms with van der Waals surface area (Å²) in [6.07, 6.45) is 1.66. The number of fused-ring (bicyclic) bond motifs is 4. The lowest BCUT2D eigenvalue weighted by Gasteiger charge is -2.35. The number of aromatic nitrogens is 4. The van der Waals surface area contributed by atoms with Gasteiger partial charge in [0.15, 0.2) is 5.82 Å². The van der Waals surface area contributed by atoms with Gasteiger partial charge in [-0.05, 0) is 57.0 Å². The average molecular weight is 379 g/mol. The highest BCUT2D eigenvalue weighted by molar-refractivity contribution is 5.97. The molecule has 2 aromatic heterocycles. The van der Waals surface area contributed by atoms with E-state index in [1.165, 1.54) is 12.1 Å². The van der Waals surface area contributed by atoms with Crippen molar-refractivity contribution in [2.75, 3.05) is 5.32 Å². The minimum absolute atomic E-state index is 0.358. The number of benzene rings is 2. The van der Waals surface area contributed by atoms with Crippen molar-refractivity contribution in [3.05, 3.63) is 59.3 Å². The Kier molecular flexibility index (Phi) is 3.27. The average Bonchev–Trinajstić information content (AvgIpc) is 3.25. The minimum atomic E-state index is -0.488. The maximum atomic E-state index is 15.3. The SMILES string of the molecule is Cc1c(-c2ccc(F)c3[nH]ccc23)c(F)cc2c1-n1c(C)nnc1C(C)(C)N2. The molecule has 142 valence electrons. The first-order chi connectivity index (χ1) is 13.3. The third-order valence-electron chi connectivity index (χ3n) is 5.49. The van der Waals surface area contributed by atoms with Gasteiger partial charge in [0.25, 0.3) is 0 Å². The highest BCUT2D eigenvalue weighted by Gasteiger charge is 2.36. The molecule has 3 heterocycles. The molecule has 28 heavy (non-hydrogen) atoms. The van der Waals surface area contributed by atoms with Crippen molar-refractivity contribution in [3.8, 4) is 16.8 Å². The largest absolute Gasteiger partial charge is 0.371 e. The fourth-order valence-corrected chi connectivity index (χ4v) is 4.25. The van der Waals surface area contributed by atoms with E-state index in [1.54, 1.807) is 18.3 Å². The Morgan fingerprint density at radius 2 is 1.82 bits per heavy atom. The second-order valence-corrected chi connectivity index (χ2v) is 7.77. The summed E-state index contributed by atoms with van der Waals surface area (Å²) in [6.45, 7) is 7.73. The van der Waals surface area contributed by atoms with Crippen LogP contribution in [0.4, 0.5) is 14.5 Å². The van der Waals surface area contributed by atoms with Crippen molar-refractivity contribution >= 4 is 16.6 Å². The zero-order valence-corrected chi connectivity index (χ0v) is 16.0. The zero-order chi connectivity index (χ0) is 19.8. The summed E-state index contributed by atoms with van der Waals surface area (Å²) in [5.74, 6) is 0.782. The normalized spacial score (nSPS) is 14.6. The molecule has 0 amide bonds. The minimum Gasteiger partial charge on any atom is -0.371 e. The highest BCUT2D eigenvalue weighted by atomic mass is 19.1. The van der Waals surface area contributed by atoms with E-state index in [4.69, 9.17) is 0 Å². The second-order valence-electron chi connectivity index (χ2n) is 7.77. The maximum Gasteiger partial charge on any atom is 0.162 e. The molecule has 0 radical (unpaired) electrons. The van der Waals surface area contributed by atoms with Gasteiger partial charge < -0.3 is 10.3 Å². The number of hydrogen-bond acceptors (Lipinski definition) is 3. The molecule has 0 unspecified atom stereocenters. The lowest BCUT2D eigenvalue weighted by Crippen LogP contribution is -2.36. The first-order valence-electron chi connectivity index (χ1n) is 9.09. The Bertz CT molecular complexity index is 1270. The number of nitrogens with one attached hydrogen (secondary N) is 2. The lowest BCUT2D eigenvalue weighted by molar-refractivity contribution is 0.532. The van der Waals surface area contributed by atoms with Crippen LogP contribution in [0.25, 0.3) is 27.7 Å². The summed E-state index contributed by atoms with van der Waals surface area (Å²) in [7, 11) is 0. The third-order valence-corrected chi connectivity index (χ3v) is 5.49. The highest BCUT2D eigenvalue weighted by Crippen LogP contribution is 2.44. The van der Waals surface area contributed by atoms with Gasteiger partial charge in [0.05, 0.1) is 22.4 Å². The van der Waals surface area contributed by atoms with E-state index in [0.717, 1.165) is 22.9 Å². The van der Waals surface area contributed by atoms with Crippen LogP contribution in [0.15, 0.2) is 30.5 Å². The van der Waals surface area contributed by atoms with Crippen molar-refractivity contribution in [2.45, 2.75) is 33.2 Å². The molecule has 5 nitrogen and oxygen atoms in total. The van der Waals surface area contributed by atoms with Crippen LogP contribution < -0.4 is 5.32 Å². The number of H-pyrrole nitrogens is 1. The van der Waals surface area contributed by atoms with E-state index in [9.17, 15) is 4.39 Å². The predicted molar refractivity (Wildman–Crippen MR) is 105 cm³/mol. The van der Waals surface area contributed by atoms with Gasteiger partial charge in [-0.2, -0.15) is 0 Å². The van der Waals surface area contributed by atoms with Crippen molar-refractivity contribution in [1.29, 1.82) is 0 Å². The van der Waals surface area contributed by atoms with Crippen LogP contribution in [0.2, 0.25) is 0 Å². The van der Waals surface area contributed by atoms with Crippen LogP contribution in [0, 0.1) is 25.5 Å². The standard InChI is InChI=1S/C21H19F2N5/c1-10-17(12-5-6-14(22)18-13(12)7-8-24-18)15(23)9-16-19(10)28-11(2)26-27-20(28)21(3,4)25-16/h5-9,24-25H,1-4H3. The van der Waals surface area contributed by atoms with Crippen molar-refractivity contribution in [2.24, 2.45) is 0 Å². The molecular formula is C21H19F2N5. The maximum absolute atomic E-state index is 15.3. The van der Waals surface area contributed by atoms with E-state index < -0.39 is 5.54 Å². The Hall–Kier alpha value is -3.22. The summed E-state index contributed by atoms with van der Waals surface area (Å²) in [6, 6.07) is 6.26. The number of anilines is 1. The lowest BCUT2D eigenvalue weighted by atomic mass is 9.92. The molecule has 2 aromatic carbocycles. The van der Waals surface area contributed by atoms with E-state index in [0.29, 0.717) is 27.7 Å². The molecule has 1 aliphatic heterocycles. The van der Waals surface area contributed by atoms with Gasteiger partial charge in [-0.25, -0.2) is 8.78 Å². The Balaban J connectivity index is 1.86. The molecule has 2 N–H and O–H groups in total. The van der Waals surface area contributed by atoms with Crippen LogP contribution in [0.5, 0.6) is 0 Å². The molecule has 0 saturated carbocycles. The number of aryl methyl sites for hydroxylation is 1. The van der Waals surface area contributed by atoms with Crippen LogP contribution in [0.1, 0.15) is 31.1 Å². The van der Waals surface area contributed by atoms with E-state index in [1.807, 2.05) is 32.3 Å². The van der Waals surface area contributed by atoms with Gasteiger partial charge in [-0.15, -0.1) is 10.2 Å². The van der Waals surface area contributed by atoms with Gasteiger partial charge in [0.1, 0.15) is 17.5 Å². The Morgan fingerprint density at radius 3 is 2.61 bits per heavy atom. The summed E-state index contributed by atoms with van der Waals surface area (Å²) in [5.41, 5.74) is 3.23. The number of halogens is 2. The number of aromatic amines is 1. The molecule has 4 aromatic rings. The molecule has 0 saturated heterocycles. The summed E-state index contributed by atoms with van der Waals surface area (Å²) in [5, 5.41) is 12.6. The molecule has 0 atom stereocenters. The first-order valence-corrected chi connectivity index (χ1v) is 9.09. The quantitative estimate of drug-likeness (QED) is 0.491. The molecular weight excluding hydrogens is 360 g/mol. The Morgan fingerprint density at radius 1 is 1.04 bits per heavy atom. The van der Waals surface area contributed by atoms with Gasteiger partial charge >= 0.3 is 0 Å². The van der Waals surface area contributed by atoms with Crippen LogP contribution in [-0.2, 0) is 5.54 Å². The van der Waals surface area contributed by atoms with Crippen LogP contribution >= 0.6 is 0 Å². The van der Waals surface area contributed by atoms with Crippen LogP contribution in [-0.4, -0.2) is 19.7 Å². The van der Waals surface area contributed by atoms with Gasteiger partial charge in [0.2, 0.25) is 0 Å². The predicted octanol–water partition coefficient (Wildman–Crippen LogP) is 4.97. The van der Waals surface area contributed by atoms with E-state index in [2.05, 4.69) is 20.5 Å². The van der Waals surface area contributed by atoms with E-state index in [-0.39, 0.29) is 11.6 Å². The molecule has 0 fully saturated rings. The van der Waals surface area contributed by atoms with Crippen molar-refractivity contribution in [3.63, 3.8) is 0 Å². The number of rotatable bonds is 1. The molecule has 5 rings (SSSR count). The van der Waals surface area contributed by atoms with Gasteiger partial charge in [0, 0.05) is 17.1 Å². The summed E-state index contributed by atoms with van der Waals surface area (Å²) >= 11 is 0. The topological polar surface area (TPSA) is 58.5 Å². The van der Waals surface area contributed by atoms with Gasteiger partial charge in [-0.1, -0.05) is 6.07 Å². The summed E-state index contributed by atoms with van der Waals surface area (Å²) in [4.78, 5) is 2.90. The van der Waals surface area contributed by atoms with E-state index >= 15 is 4.39 Å². The second kappa shape index (κ2) is 5.41. The number of nitrogens with zero attached hydrogens (tertiary/aromatic N) is 3. The first kappa shape index (κ1) is 16.9. The monoisotopic (exact) mass is 379 g/mol. The smallest absolute Gasteiger partial charge is 0.162 e. The van der Waals surface area contributed by atoms with Crippen LogP contribution in [0.3, 0.4) is 0 Å². The summed E-state index contributed by atoms with van der Waals surface area (Å²) < 4.78 is 31.4. The number of hydrogen-bond donors (Lipinski definition) is 2. The molecule has 1 aliphatic rings. The molecule has 0 aliphatic carbocycles. The molecule has 7 heteroatoms.